The van der Waals surface area contributed by atoms with Crippen LogP contribution in [0.15, 0.2) is 22.8 Å². The first kappa shape index (κ1) is 10.6. The Kier molecular flexibility index (Phi) is 2.40. The van der Waals surface area contributed by atoms with E-state index >= 15 is 0 Å². The Balaban J connectivity index is 0.000000963. The SMILES string of the molecule is Cl.NC(=O)c1cc2c(c3ccoc13)NCN2. The van der Waals surface area contributed by atoms with E-state index in [9.17, 15) is 4.79 Å². The number of nitrogens with one attached hydrogen (secondary N) is 2. The van der Waals surface area contributed by atoms with E-state index in [1.807, 2.05) is 6.07 Å². The molecular formula is C10H10ClN3O2. The Hall–Kier alpha value is -1.88. The van der Waals surface area contributed by atoms with Gasteiger partial charge in [-0.2, -0.15) is 0 Å². The van der Waals surface area contributed by atoms with Crippen molar-refractivity contribution in [1.82, 2.24) is 0 Å². The number of hydrogen-bond donors (Lipinski definition) is 3. The normalized spacial score (nSPS) is 12.5. The lowest BCUT2D eigenvalue weighted by atomic mass is 10.1. The highest BCUT2D eigenvalue weighted by Crippen LogP contribution is 2.37. The highest BCUT2D eigenvalue weighted by molar-refractivity contribution is 6.11. The molecule has 0 saturated heterocycles. The fourth-order valence-corrected chi connectivity index (χ4v) is 1.88. The fraction of sp³-hybridized carbons (Fsp3) is 0.100. The van der Waals surface area contributed by atoms with Gasteiger partial charge in [-0.05, 0) is 12.1 Å². The molecule has 1 aromatic carbocycles. The lowest BCUT2D eigenvalue weighted by Gasteiger charge is -2.03. The zero-order valence-corrected chi connectivity index (χ0v) is 9.06. The second kappa shape index (κ2) is 3.61. The smallest absolute Gasteiger partial charge is 0.252 e. The quantitative estimate of drug-likeness (QED) is 0.708. The number of furan rings is 1. The van der Waals surface area contributed by atoms with Crippen molar-refractivity contribution in [2.24, 2.45) is 5.73 Å². The van der Waals surface area contributed by atoms with E-state index in [1.54, 1.807) is 12.3 Å². The molecule has 3 rings (SSSR count). The second-order valence-corrected chi connectivity index (χ2v) is 3.40. The number of primary amides is 1. The van der Waals surface area contributed by atoms with E-state index < -0.39 is 5.91 Å². The molecule has 1 aliphatic heterocycles. The topological polar surface area (TPSA) is 80.3 Å². The van der Waals surface area contributed by atoms with Gasteiger partial charge in [-0.1, -0.05) is 0 Å². The number of anilines is 2. The summed E-state index contributed by atoms with van der Waals surface area (Å²) in [6.45, 7) is 0.651. The van der Waals surface area contributed by atoms with Crippen molar-refractivity contribution in [1.29, 1.82) is 0 Å². The molecule has 0 radical (unpaired) electrons. The molecule has 0 aliphatic carbocycles. The summed E-state index contributed by atoms with van der Waals surface area (Å²) in [6.07, 6.45) is 1.55. The average Bonchev–Trinajstić information content (AvgIpc) is 2.83. The van der Waals surface area contributed by atoms with Crippen molar-refractivity contribution in [2.45, 2.75) is 0 Å². The molecule has 0 spiro atoms. The number of fused-ring (bicyclic) bond motifs is 3. The summed E-state index contributed by atoms with van der Waals surface area (Å²) in [6, 6.07) is 3.53. The van der Waals surface area contributed by atoms with Gasteiger partial charge in [0.25, 0.3) is 5.91 Å². The fourth-order valence-electron chi connectivity index (χ4n) is 1.88. The van der Waals surface area contributed by atoms with Crippen LogP contribution in [0.3, 0.4) is 0 Å². The van der Waals surface area contributed by atoms with Gasteiger partial charge in [0.2, 0.25) is 0 Å². The molecule has 0 fully saturated rings. The lowest BCUT2D eigenvalue weighted by molar-refractivity contribution is 0.100. The molecule has 0 atom stereocenters. The summed E-state index contributed by atoms with van der Waals surface area (Å²) in [7, 11) is 0. The third-order valence-corrected chi connectivity index (χ3v) is 2.55. The number of rotatable bonds is 1. The molecule has 5 nitrogen and oxygen atoms in total. The monoisotopic (exact) mass is 239 g/mol. The minimum Gasteiger partial charge on any atom is -0.463 e. The van der Waals surface area contributed by atoms with Gasteiger partial charge in [-0.15, -0.1) is 12.4 Å². The molecule has 6 heteroatoms. The predicted molar refractivity (Wildman–Crippen MR) is 64.1 cm³/mol. The first-order valence-corrected chi connectivity index (χ1v) is 4.59. The van der Waals surface area contributed by atoms with E-state index in [1.165, 1.54) is 0 Å². The minimum absolute atomic E-state index is 0. The largest absolute Gasteiger partial charge is 0.463 e. The Morgan fingerprint density at radius 3 is 3.00 bits per heavy atom. The van der Waals surface area contributed by atoms with Gasteiger partial charge in [0.05, 0.1) is 29.9 Å². The van der Waals surface area contributed by atoms with Crippen molar-refractivity contribution in [2.75, 3.05) is 17.3 Å². The Morgan fingerprint density at radius 1 is 1.44 bits per heavy atom. The van der Waals surface area contributed by atoms with E-state index in [2.05, 4.69) is 10.6 Å². The predicted octanol–water partition coefficient (Wildman–Crippen LogP) is 1.75. The van der Waals surface area contributed by atoms with Crippen molar-refractivity contribution >= 4 is 40.7 Å². The molecule has 0 saturated carbocycles. The Morgan fingerprint density at radius 2 is 2.25 bits per heavy atom. The summed E-state index contributed by atoms with van der Waals surface area (Å²) in [4.78, 5) is 11.2. The third kappa shape index (κ3) is 1.29. The molecule has 16 heavy (non-hydrogen) atoms. The molecule has 4 N–H and O–H groups in total. The van der Waals surface area contributed by atoms with Crippen LogP contribution in [0.4, 0.5) is 11.4 Å². The summed E-state index contributed by atoms with van der Waals surface area (Å²) in [5, 5.41) is 7.17. The third-order valence-electron chi connectivity index (χ3n) is 2.55. The van der Waals surface area contributed by atoms with E-state index in [0.29, 0.717) is 17.8 Å². The van der Waals surface area contributed by atoms with Crippen LogP contribution in [0.1, 0.15) is 10.4 Å². The molecular weight excluding hydrogens is 230 g/mol. The first-order chi connectivity index (χ1) is 7.27. The number of carbonyl (C=O) groups excluding carboxylic acids is 1. The van der Waals surface area contributed by atoms with Crippen LogP contribution in [-0.4, -0.2) is 12.6 Å². The number of nitrogens with two attached hydrogens (primary N) is 1. The molecule has 1 amide bonds. The van der Waals surface area contributed by atoms with E-state index in [4.69, 9.17) is 10.2 Å². The molecule has 2 heterocycles. The highest BCUT2D eigenvalue weighted by atomic mass is 35.5. The Labute approximate surface area is 97.4 Å². The van der Waals surface area contributed by atoms with Gasteiger partial charge in [0, 0.05) is 5.39 Å². The highest BCUT2D eigenvalue weighted by Gasteiger charge is 2.19. The van der Waals surface area contributed by atoms with Crippen LogP contribution in [0.2, 0.25) is 0 Å². The lowest BCUT2D eigenvalue weighted by Crippen LogP contribution is -2.11. The van der Waals surface area contributed by atoms with E-state index in [0.717, 1.165) is 16.8 Å². The summed E-state index contributed by atoms with van der Waals surface area (Å²) >= 11 is 0. The summed E-state index contributed by atoms with van der Waals surface area (Å²) in [5.41, 5.74) is 8.08. The maximum Gasteiger partial charge on any atom is 0.252 e. The van der Waals surface area contributed by atoms with Gasteiger partial charge >= 0.3 is 0 Å². The molecule has 0 unspecified atom stereocenters. The van der Waals surface area contributed by atoms with Crippen molar-refractivity contribution in [3.63, 3.8) is 0 Å². The van der Waals surface area contributed by atoms with Gasteiger partial charge in [-0.25, -0.2) is 0 Å². The Bertz CT molecular complexity index is 564. The number of halogens is 1. The molecule has 0 bridgehead atoms. The first-order valence-electron chi connectivity index (χ1n) is 4.59. The molecule has 84 valence electrons. The standard InChI is InChI=1S/C10H9N3O2.ClH/c11-10(14)6-3-7-8(13-4-12-7)5-1-2-15-9(5)6;/h1-3,12-13H,4H2,(H2,11,14);1H. The van der Waals surface area contributed by atoms with Gasteiger partial charge in [0.1, 0.15) is 5.58 Å². The summed E-state index contributed by atoms with van der Waals surface area (Å²) in [5.74, 6) is -0.480. The van der Waals surface area contributed by atoms with Crippen LogP contribution in [0, 0.1) is 0 Å². The number of amides is 1. The molecule has 1 aromatic heterocycles. The van der Waals surface area contributed by atoms with Crippen LogP contribution in [-0.2, 0) is 0 Å². The number of hydrogen-bond acceptors (Lipinski definition) is 4. The number of carbonyl (C=O) groups is 1. The zero-order chi connectivity index (χ0) is 10.4. The number of benzene rings is 1. The zero-order valence-electron chi connectivity index (χ0n) is 8.24. The maximum absolute atomic E-state index is 11.2. The maximum atomic E-state index is 11.2. The average molecular weight is 240 g/mol. The van der Waals surface area contributed by atoms with Gasteiger partial charge < -0.3 is 20.8 Å². The van der Waals surface area contributed by atoms with Crippen LogP contribution >= 0.6 is 12.4 Å². The van der Waals surface area contributed by atoms with Gasteiger partial charge in [-0.3, -0.25) is 4.79 Å². The summed E-state index contributed by atoms with van der Waals surface area (Å²) < 4.78 is 5.27. The second-order valence-electron chi connectivity index (χ2n) is 3.40. The molecule has 1 aliphatic rings. The van der Waals surface area contributed by atoms with Crippen LogP contribution in [0.5, 0.6) is 0 Å². The van der Waals surface area contributed by atoms with Gasteiger partial charge in [0.15, 0.2) is 0 Å². The van der Waals surface area contributed by atoms with Crippen molar-refractivity contribution in [3.05, 3.63) is 24.0 Å². The van der Waals surface area contributed by atoms with Crippen molar-refractivity contribution < 1.29 is 9.21 Å². The van der Waals surface area contributed by atoms with Crippen molar-refractivity contribution in [3.8, 4) is 0 Å². The van der Waals surface area contributed by atoms with Crippen LogP contribution < -0.4 is 16.4 Å². The molecule has 2 aromatic rings. The van der Waals surface area contributed by atoms with E-state index in [-0.39, 0.29) is 12.4 Å². The van der Waals surface area contributed by atoms with Crippen LogP contribution in [0.25, 0.3) is 11.0 Å². The minimum atomic E-state index is -0.480.